The summed E-state index contributed by atoms with van der Waals surface area (Å²) >= 11 is 0. The van der Waals surface area contributed by atoms with E-state index >= 15 is 0 Å². The van der Waals surface area contributed by atoms with Crippen LogP contribution < -0.4 is 4.90 Å². The van der Waals surface area contributed by atoms with Crippen molar-refractivity contribution in [1.29, 1.82) is 0 Å². The maximum atomic E-state index is 6.04. The Balaban J connectivity index is 1.19. The fourth-order valence-corrected chi connectivity index (χ4v) is 4.75. The molecule has 4 rings (SSSR count). The van der Waals surface area contributed by atoms with E-state index in [2.05, 4.69) is 84.3 Å². The third-order valence-electron chi connectivity index (χ3n) is 7.08. The molecule has 0 aromatic heterocycles. The van der Waals surface area contributed by atoms with Crippen LogP contribution in [0.4, 0.5) is 5.69 Å². The smallest absolute Gasteiger partial charge is 0.0717 e. The maximum Gasteiger partial charge on any atom is 0.0717 e. The van der Waals surface area contributed by atoms with Crippen molar-refractivity contribution < 1.29 is 4.74 Å². The Kier molecular flexibility index (Phi) is 6.03. The van der Waals surface area contributed by atoms with Gasteiger partial charge in [0.15, 0.2) is 0 Å². The lowest BCUT2D eigenvalue weighted by Crippen LogP contribution is -2.55. The Morgan fingerprint density at radius 3 is 2.14 bits per heavy atom. The molecule has 0 amide bonds. The van der Waals surface area contributed by atoms with Gasteiger partial charge in [0.25, 0.3) is 0 Å². The Morgan fingerprint density at radius 2 is 1.50 bits per heavy atom. The van der Waals surface area contributed by atoms with Crippen molar-refractivity contribution in [1.82, 2.24) is 4.90 Å². The molecule has 1 aliphatic heterocycles. The minimum absolute atomic E-state index is 0.382. The fourth-order valence-electron chi connectivity index (χ4n) is 4.75. The molecule has 1 saturated carbocycles. The molecule has 1 unspecified atom stereocenters. The van der Waals surface area contributed by atoms with Gasteiger partial charge in [-0.05, 0) is 41.4 Å². The topological polar surface area (TPSA) is 15.7 Å². The monoisotopic (exact) mass is 378 g/mol. The third kappa shape index (κ3) is 4.42. The second kappa shape index (κ2) is 8.67. The lowest BCUT2D eigenvalue weighted by molar-refractivity contribution is -0.0860. The summed E-state index contributed by atoms with van der Waals surface area (Å²) in [7, 11) is 0. The number of piperazine rings is 1. The quantitative estimate of drug-likeness (QED) is 0.695. The van der Waals surface area contributed by atoms with Crippen LogP contribution in [-0.2, 0) is 11.3 Å². The molecule has 2 aliphatic rings. The molecule has 1 saturated heterocycles. The summed E-state index contributed by atoms with van der Waals surface area (Å²) in [5, 5.41) is 0. The molecule has 0 bridgehead atoms. The molecule has 1 heterocycles. The van der Waals surface area contributed by atoms with Crippen molar-refractivity contribution in [3.05, 3.63) is 66.2 Å². The highest BCUT2D eigenvalue weighted by atomic mass is 16.5. The van der Waals surface area contributed by atoms with Crippen LogP contribution in [0.25, 0.3) is 0 Å². The van der Waals surface area contributed by atoms with Gasteiger partial charge in [0.1, 0.15) is 0 Å². The first-order chi connectivity index (χ1) is 13.6. The lowest BCUT2D eigenvalue weighted by atomic mass is 9.55. The highest BCUT2D eigenvalue weighted by Gasteiger charge is 2.48. The van der Waals surface area contributed by atoms with Gasteiger partial charge in [-0.3, -0.25) is 4.90 Å². The third-order valence-corrected chi connectivity index (χ3v) is 7.08. The van der Waals surface area contributed by atoms with Gasteiger partial charge in [0.05, 0.1) is 13.2 Å². The summed E-state index contributed by atoms with van der Waals surface area (Å²) in [6.07, 6.45) is 1.31. The van der Waals surface area contributed by atoms with Crippen molar-refractivity contribution in [2.75, 3.05) is 44.2 Å². The molecule has 2 aromatic carbocycles. The van der Waals surface area contributed by atoms with Crippen molar-refractivity contribution in [2.24, 2.45) is 17.3 Å². The Labute approximate surface area is 170 Å². The Bertz CT molecular complexity index is 723. The maximum absolute atomic E-state index is 6.04. The molecule has 0 radical (unpaired) electrons. The van der Waals surface area contributed by atoms with Crippen molar-refractivity contribution in [2.45, 2.75) is 26.9 Å². The number of hydrogen-bond donors (Lipinski definition) is 0. The summed E-state index contributed by atoms with van der Waals surface area (Å²) in [4.78, 5) is 5.19. The molecule has 2 atom stereocenters. The standard InChI is InChI=1S/C25H34N2O/c1-25(2)22(17-23(25)20-28-19-21-9-5-3-6-10-21)18-26-13-15-27(16-14-26)24-11-7-4-8-12-24/h3-12,22-23H,13-20H2,1-2H3/t22?,23-/m1/s1. The predicted octanol–water partition coefficient (Wildman–Crippen LogP) is 4.69. The van der Waals surface area contributed by atoms with Crippen LogP contribution in [0.2, 0.25) is 0 Å². The predicted molar refractivity (Wildman–Crippen MR) is 117 cm³/mol. The fraction of sp³-hybridized carbons (Fsp3) is 0.520. The summed E-state index contributed by atoms with van der Waals surface area (Å²) in [6.45, 7) is 12.4. The van der Waals surface area contributed by atoms with E-state index in [1.54, 1.807) is 0 Å². The first-order valence-corrected chi connectivity index (χ1v) is 10.8. The van der Waals surface area contributed by atoms with E-state index in [4.69, 9.17) is 4.74 Å². The van der Waals surface area contributed by atoms with Gasteiger partial charge >= 0.3 is 0 Å². The van der Waals surface area contributed by atoms with Gasteiger partial charge in [-0.1, -0.05) is 62.4 Å². The van der Waals surface area contributed by atoms with Gasteiger partial charge in [0, 0.05) is 38.4 Å². The summed E-state index contributed by atoms with van der Waals surface area (Å²) in [6, 6.07) is 21.3. The van der Waals surface area contributed by atoms with E-state index in [1.165, 1.54) is 37.3 Å². The average molecular weight is 379 g/mol. The van der Waals surface area contributed by atoms with Crippen LogP contribution >= 0.6 is 0 Å². The second-order valence-electron chi connectivity index (χ2n) is 9.07. The summed E-state index contributed by atoms with van der Waals surface area (Å²) < 4.78 is 6.04. The van der Waals surface area contributed by atoms with Crippen LogP contribution in [-0.4, -0.2) is 44.2 Å². The molecule has 0 spiro atoms. The van der Waals surface area contributed by atoms with E-state index in [9.17, 15) is 0 Å². The number of nitrogens with zero attached hydrogens (tertiary/aromatic N) is 2. The number of ether oxygens (including phenoxy) is 1. The van der Waals surface area contributed by atoms with E-state index in [0.717, 1.165) is 32.2 Å². The van der Waals surface area contributed by atoms with Crippen LogP contribution in [0.5, 0.6) is 0 Å². The van der Waals surface area contributed by atoms with Gasteiger partial charge < -0.3 is 9.64 Å². The minimum Gasteiger partial charge on any atom is -0.376 e. The molecule has 2 fully saturated rings. The van der Waals surface area contributed by atoms with Gasteiger partial charge in [0.2, 0.25) is 0 Å². The molecular weight excluding hydrogens is 344 g/mol. The largest absolute Gasteiger partial charge is 0.376 e. The van der Waals surface area contributed by atoms with Gasteiger partial charge in [-0.15, -0.1) is 0 Å². The minimum atomic E-state index is 0.382. The number of para-hydroxylation sites is 1. The normalized spacial score (nSPS) is 24.7. The second-order valence-corrected chi connectivity index (χ2v) is 9.07. The number of hydrogen-bond acceptors (Lipinski definition) is 3. The van der Waals surface area contributed by atoms with E-state index in [0.29, 0.717) is 11.3 Å². The van der Waals surface area contributed by atoms with Gasteiger partial charge in [-0.2, -0.15) is 0 Å². The number of anilines is 1. The molecular formula is C25H34N2O. The van der Waals surface area contributed by atoms with Crippen LogP contribution in [0.15, 0.2) is 60.7 Å². The zero-order valence-corrected chi connectivity index (χ0v) is 17.4. The van der Waals surface area contributed by atoms with Gasteiger partial charge in [-0.25, -0.2) is 0 Å². The number of benzene rings is 2. The van der Waals surface area contributed by atoms with Crippen LogP contribution in [0.1, 0.15) is 25.8 Å². The average Bonchev–Trinajstić information content (AvgIpc) is 2.74. The molecule has 0 N–H and O–H groups in total. The molecule has 3 nitrogen and oxygen atoms in total. The first kappa shape index (κ1) is 19.5. The van der Waals surface area contributed by atoms with Crippen LogP contribution in [0, 0.1) is 17.3 Å². The molecule has 1 aliphatic carbocycles. The molecule has 28 heavy (non-hydrogen) atoms. The Morgan fingerprint density at radius 1 is 0.857 bits per heavy atom. The van der Waals surface area contributed by atoms with Crippen molar-refractivity contribution >= 4 is 5.69 Å². The lowest BCUT2D eigenvalue weighted by Gasteiger charge is -2.54. The summed E-state index contributed by atoms with van der Waals surface area (Å²) in [5.74, 6) is 1.48. The van der Waals surface area contributed by atoms with E-state index in [1.807, 2.05) is 0 Å². The SMILES string of the molecule is CC1(C)C(CN2CCN(c3ccccc3)CC2)C[C@@H]1COCc1ccccc1. The summed E-state index contributed by atoms with van der Waals surface area (Å²) in [5.41, 5.74) is 3.02. The highest BCUT2D eigenvalue weighted by Crippen LogP contribution is 2.51. The Hall–Kier alpha value is -1.84. The van der Waals surface area contributed by atoms with Crippen molar-refractivity contribution in [3.63, 3.8) is 0 Å². The zero-order chi connectivity index (χ0) is 19.4. The zero-order valence-electron chi connectivity index (χ0n) is 17.4. The van der Waals surface area contributed by atoms with Crippen LogP contribution in [0.3, 0.4) is 0 Å². The van der Waals surface area contributed by atoms with E-state index in [-0.39, 0.29) is 0 Å². The van der Waals surface area contributed by atoms with Crippen molar-refractivity contribution in [3.8, 4) is 0 Å². The van der Waals surface area contributed by atoms with E-state index < -0.39 is 0 Å². The molecule has 150 valence electrons. The highest BCUT2D eigenvalue weighted by molar-refractivity contribution is 5.46. The molecule has 2 aromatic rings. The first-order valence-electron chi connectivity index (χ1n) is 10.8. The molecule has 3 heteroatoms. The number of rotatable bonds is 7.